The van der Waals surface area contributed by atoms with Crippen molar-refractivity contribution in [3.8, 4) is 0 Å². The molecule has 0 aromatic heterocycles. The predicted octanol–water partition coefficient (Wildman–Crippen LogP) is 3.23. The van der Waals surface area contributed by atoms with Crippen LogP contribution in [0.25, 0.3) is 0 Å². The van der Waals surface area contributed by atoms with Crippen molar-refractivity contribution < 1.29 is 14.3 Å². The molecular formula is C19H39IN4O3. The van der Waals surface area contributed by atoms with Crippen LogP contribution in [0.3, 0.4) is 0 Å². The first-order valence-corrected chi connectivity index (χ1v) is 9.93. The van der Waals surface area contributed by atoms with Crippen molar-refractivity contribution in [2.24, 2.45) is 10.9 Å². The maximum Gasteiger partial charge on any atom is 0.410 e. The zero-order valence-corrected chi connectivity index (χ0v) is 20.0. The zero-order valence-electron chi connectivity index (χ0n) is 17.7. The molecular weight excluding hydrogens is 459 g/mol. The highest BCUT2D eigenvalue weighted by Crippen LogP contribution is 2.19. The molecule has 0 aliphatic carbocycles. The normalized spacial score (nSPS) is 15.9. The van der Waals surface area contributed by atoms with Crippen LogP contribution in [0.5, 0.6) is 0 Å². The molecule has 0 aromatic carbocycles. The van der Waals surface area contributed by atoms with Gasteiger partial charge in [-0.3, -0.25) is 4.99 Å². The van der Waals surface area contributed by atoms with E-state index in [1.165, 1.54) is 0 Å². The molecule has 1 fully saturated rings. The van der Waals surface area contributed by atoms with Crippen molar-refractivity contribution in [3.05, 3.63) is 0 Å². The number of guanidine groups is 1. The molecule has 2 N–H and O–H groups in total. The minimum absolute atomic E-state index is 0. The number of nitrogens with zero attached hydrogens (tertiary/aromatic N) is 2. The summed E-state index contributed by atoms with van der Waals surface area (Å²) in [6, 6.07) is 0. The Labute approximate surface area is 182 Å². The predicted molar refractivity (Wildman–Crippen MR) is 121 cm³/mol. The summed E-state index contributed by atoms with van der Waals surface area (Å²) in [5.74, 6) is 1.37. The molecule has 1 rings (SSSR count). The number of likely N-dealkylation sites (tertiary alicyclic amines) is 1. The molecule has 0 atom stereocenters. The minimum Gasteiger partial charge on any atom is -0.444 e. The molecule has 1 aliphatic rings. The largest absolute Gasteiger partial charge is 0.444 e. The molecule has 8 heteroatoms. The molecule has 0 saturated carbocycles. The molecule has 1 aliphatic heterocycles. The van der Waals surface area contributed by atoms with Gasteiger partial charge < -0.3 is 25.0 Å². The highest BCUT2D eigenvalue weighted by atomic mass is 127. The molecule has 0 spiro atoms. The van der Waals surface area contributed by atoms with Gasteiger partial charge in [0.15, 0.2) is 5.96 Å². The van der Waals surface area contributed by atoms with Crippen LogP contribution in [-0.4, -0.2) is 68.5 Å². The van der Waals surface area contributed by atoms with E-state index in [1.807, 2.05) is 32.6 Å². The molecule has 1 amide bonds. The van der Waals surface area contributed by atoms with E-state index < -0.39 is 5.60 Å². The Bertz CT molecular complexity index is 433. The molecule has 1 saturated heterocycles. The SMILES string of the molecule is CCNC(=NCC1CCN(C(=O)OC(C)(C)C)CC1)NCCCOCC.I. The quantitative estimate of drug-likeness (QED) is 0.233. The first kappa shape index (κ1) is 26.2. The van der Waals surface area contributed by atoms with Gasteiger partial charge in [-0.15, -0.1) is 24.0 Å². The fourth-order valence-electron chi connectivity index (χ4n) is 2.71. The standard InChI is InChI=1S/C19H38N4O3.HI/c1-6-20-17(21-11-8-14-25-7-2)22-15-16-9-12-23(13-10-16)18(24)26-19(3,4)5;/h16H,6-15H2,1-5H3,(H2,20,21,22);1H. The Morgan fingerprint density at radius 3 is 2.41 bits per heavy atom. The second-order valence-corrected chi connectivity index (χ2v) is 7.61. The van der Waals surface area contributed by atoms with E-state index in [0.717, 1.165) is 71.2 Å². The molecule has 160 valence electrons. The molecule has 1 heterocycles. The number of halogens is 1. The minimum atomic E-state index is -0.438. The monoisotopic (exact) mass is 498 g/mol. The summed E-state index contributed by atoms with van der Waals surface area (Å²) >= 11 is 0. The van der Waals surface area contributed by atoms with Gasteiger partial charge in [0.25, 0.3) is 0 Å². The van der Waals surface area contributed by atoms with Crippen molar-refractivity contribution in [1.82, 2.24) is 15.5 Å². The summed E-state index contributed by atoms with van der Waals surface area (Å²) < 4.78 is 10.8. The van der Waals surface area contributed by atoms with E-state index in [1.54, 1.807) is 0 Å². The lowest BCUT2D eigenvalue weighted by Crippen LogP contribution is -2.42. The van der Waals surface area contributed by atoms with Crippen molar-refractivity contribution >= 4 is 36.0 Å². The number of hydrogen-bond donors (Lipinski definition) is 2. The van der Waals surface area contributed by atoms with Gasteiger partial charge in [-0.1, -0.05) is 0 Å². The van der Waals surface area contributed by atoms with Crippen molar-refractivity contribution in [3.63, 3.8) is 0 Å². The summed E-state index contributed by atoms with van der Waals surface area (Å²) in [4.78, 5) is 18.6. The third-order valence-corrected chi connectivity index (χ3v) is 4.08. The first-order valence-electron chi connectivity index (χ1n) is 9.93. The number of rotatable bonds is 8. The van der Waals surface area contributed by atoms with Crippen LogP contribution in [0.1, 0.15) is 53.9 Å². The van der Waals surface area contributed by atoms with Gasteiger partial charge >= 0.3 is 6.09 Å². The lowest BCUT2D eigenvalue weighted by molar-refractivity contribution is 0.0187. The van der Waals surface area contributed by atoms with Crippen molar-refractivity contribution in [2.45, 2.75) is 59.5 Å². The maximum atomic E-state index is 12.1. The summed E-state index contributed by atoms with van der Waals surface area (Å²) in [6.45, 7) is 15.3. The maximum absolute atomic E-state index is 12.1. The van der Waals surface area contributed by atoms with Crippen LogP contribution >= 0.6 is 24.0 Å². The number of ether oxygens (including phenoxy) is 2. The zero-order chi connectivity index (χ0) is 19.4. The number of hydrogen-bond acceptors (Lipinski definition) is 4. The topological polar surface area (TPSA) is 75.2 Å². The van der Waals surface area contributed by atoms with Crippen LogP contribution in [0.15, 0.2) is 4.99 Å². The van der Waals surface area contributed by atoms with Gasteiger partial charge in [0, 0.05) is 45.9 Å². The number of amides is 1. The van der Waals surface area contributed by atoms with Gasteiger partial charge in [0.2, 0.25) is 0 Å². The van der Waals surface area contributed by atoms with Crippen LogP contribution in [-0.2, 0) is 9.47 Å². The number of carbonyl (C=O) groups is 1. The van der Waals surface area contributed by atoms with Crippen molar-refractivity contribution in [2.75, 3.05) is 45.9 Å². The highest BCUT2D eigenvalue weighted by Gasteiger charge is 2.26. The Morgan fingerprint density at radius 1 is 1.19 bits per heavy atom. The highest BCUT2D eigenvalue weighted by molar-refractivity contribution is 14.0. The van der Waals surface area contributed by atoms with Crippen LogP contribution in [0.2, 0.25) is 0 Å². The summed E-state index contributed by atoms with van der Waals surface area (Å²) in [5.41, 5.74) is -0.438. The van der Waals surface area contributed by atoms with Crippen LogP contribution < -0.4 is 10.6 Å². The second kappa shape index (κ2) is 14.3. The van der Waals surface area contributed by atoms with E-state index in [0.29, 0.717) is 5.92 Å². The smallest absolute Gasteiger partial charge is 0.410 e. The molecule has 27 heavy (non-hydrogen) atoms. The molecule has 0 aromatic rings. The molecule has 0 unspecified atom stereocenters. The van der Waals surface area contributed by atoms with Gasteiger partial charge in [0.1, 0.15) is 5.60 Å². The first-order chi connectivity index (χ1) is 12.4. The van der Waals surface area contributed by atoms with Crippen LogP contribution in [0.4, 0.5) is 4.79 Å². The van der Waals surface area contributed by atoms with E-state index in [-0.39, 0.29) is 30.1 Å². The third kappa shape index (κ3) is 12.3. The van der Waals surface area contributed by atoms with Gasteiger partial charge in [-0.05, 0) is 59.8 Å². The second-order valence-electron chi connectivity index (χ2n) is 7.61. The van der Waals surface area contributed by atoms with E-state index in [4.69, 9.17) is 14.5 Å². The fourth-order valence-corrected chi connectivity index (χ4v) is 2.71. The molecule has 0 radical (unpaired) electrons. The number of carbonyl (C=O) groups excluding carboxylic acids is 1. The summed E-state index contributed by atoms with van der Waals surface area (Å²) in [7, 11) is 0. The van der Waals surface area contributed by atoms with E-state index in [9.17, 15) is 4.79 Å². The lowest BCUT2D eigenvalue weighted by Gasteiger charge is -2.33. The van der Waals surface area contributed by atoms with Crippen molar-refractivity contribution in [1.29, 1.82) is 0 Å². The fraction of sp³-hybridized carbons (Fsp3) is 0.895. The van der Waals surface area contributed by atoms with Gasteiger partial charge in [0.05, 0.1) is 0 Å². The Balaban J connectivity index is 0.00000676. The lowest BCUT2D eigenvalue weighted by atomic mass is 9.97. The summed E-state index contributed by atoms with van der Waals surface area (Å²) in [6.07, 6.45) is 2.69. The average Bonchev–Trinajstić information content (AvgIpc) is 2.58. The average molecular weight is 498 g/mol. The Kier molecular flexibility index (Phi) is 13.9. The van der Waals surface area contributed by atoms with Gasteiger partial charge in [-0.25, -0.2) is 4.79 Å². The number of nitrogens with one attached hydrogen (secondary N) is 2. The summed E-state index contributed by atoms with van der Waals surface area (Å²) in [5, 5.41) is 6.63. The molecule has 0 bridgehead atoms. The Morgan fingerprint density at radius 2 is 1.85 bits per heavy atom. The van der Waals surface area contributed by atoms with Crippen LogP contribution in [0, 0.1) is 5.92 Å². The van der Waals surface area contributed by atoms with E-state index >= 15 is 0 Å². The Hall–Kier alpha value is -0.770. The molecule has 7 nitrogen and oxygen atoms in total. The van der Waals surface area contributed by atoms with Gasteiger partial charge in [-0.2, -0.15) is 0 Å². The number of piperidine rings is 1. The third-order valence-electron chi connectivity index (χ3n) is 4.08. The van der Waals surface area contributed by atoms with E-state index in [2.05, 4.69) is 17.6 Å². The number of aliphatic imine (C=N–C) groups is 1.